The van der Waals surface area contributed by atoms with Crippen molar-refractivity contribution >= 4 is 23.6 Å². The largest absolute Gasteiger partial charge is 0.492 e. The maximum atomic E-state index is 11.7. The molecule has 0 fully saturated rings. The third kappa shape index (κ3) is 1.85. The number of aromatic hydroxyl groups is 1. The number of hydrogen-bond donors (Lipinski definition) is 1. The lowest BCUT2D eigenvalue weighted by molar-refractivity contribution is 0.392. The molecule has 3 rings (SSSR count). The molecule has 102 valence electrons. The van der Waals surface area contributed by atoms with Crippen LogP contribution in [0.25, 0.3) is 11.6 Å². The van der Waals surface area contributed by atoms with E-state index in [2.05, 4.69) is 9.98 Å². The zero-order valence-corrected chi connectivity index (χ0v) is 11.1. The van der Waals surface area contributed by atoms with Crippen LogP contribution in [0.2, 0.25) is 0 Å². The molecular weight excluding hydrogens is 258 g/mol. The highest BCUT2D eigenvalue weighted by molar-refractivity contribution is 6.21. The summed E-state index contributed by atoms with van der Waals surface area (Å²) in [5, 5.41) is 10.1. The first-order valence-electron chi connectivity index (χ1n) is 6.22. The van der Waals surface area contributed by atoms with Crippen molar-refractivity contribution in [1.29, 1.82) is 0 Å². The van der Waals surface area contributed by atoms with E-state index in [4.69, 9.17) is 4.42 Å². The van der Waals surface area contributed by atoms with Gasteiger partial charge in [0.2, 0.25) is 5.88 Å². The Morgan fingerprint density at radius 1 is 1.45 bits per heavy atom. The average Bonchev–Trinajstić information content (AvgIpc) is 2.93. The SMILES string of the molecule is CC(C)n1c(O)c(/C=C2\C=Nc3cnccc32)oc1=O. The van der Waals surface area contributed by atoms with Crippen LogP contribution in [0.15, 0.2) is 32.7 Å². The molecule has 20 heavy (non-hydrogen) atoms. The number of rotatable bonds is 2. The fourth-order valence-electron chi connectivity index (χ4n) is 2.14. The maximum absolute atomic E-state index is 11.7. The average molecular weight is 271 g/mol. The van der Waals surface area contributed by atoms with E-state index in [1.807, 2.05) is 6.07 Å². The van der Waals surface area contributed by atoms with E-state index in [1.165, 1.54) is 4.57 Å². The Labute approximate surface area is 114 Å². The number of fused-ring (bicyclic) bond motifs is 1. The van der Waals surface area contributed by atoms with Crippen molar-refractivity contribution in [3.05, 3.63) is 40.3 Å². The van der Waals surface area contributed by atoms with E-state index < -0.39 is 5.76 Å². The molecule has 0 atom stereocenters. The van der Waals surface area contributed by atoms with Gasteiger partial charge in [0.15, 0.2) is 5.76 Å². The maximum Gasteiger partial charge on any atom is 0.422 e. The standard InChI is InChI=1S/C14H13N3O3/c1-8(2)17-13(18)12(20-14(17)19)5-9-6-16-11-7-15-4-3-10(9)11/h3-8,18H,1-2H3/b9-5+. The molecule has 0 amide bonds. The van der Waals surface area contributed by atoms with Crippen LogP contribution in [0.4, 0.5) is 5.69 Å². The van der Waals surface area contributed by atoms with Crippen molar-refractivity contribution in [2.45, 2.75) is 19.9 Å². The number of allylic oxidation sites excluding steroid dienone is 1. The summed E-state index contributed by atoms with van der Waals surface area (Å²) >= 11 is 0. The Balaban J connectivity index is 2.10. The smallest absolute Gasteiger partial charge is 0.422 e. The Morgan fingerprint density at radius 3 is 2.95 bits per heavy atom. The number of oxazole rings is 1. The second-order valence-corrected chi connectivity index (χ2v) is 4.77. The molecule has 0 saturated carbocycles. The van der Waals surface area contributed by atoms with Crippen LogP contribution < -0.4 is 5.76 Å². The highest BCUT2D eigenvalue weighted by Gasteiger charge is 2.19. The van der Waals surface area contributed by atoms with Gasteiger partial charge in [0.05, 0.1) is 11.9 Å². The molecule has 0 spiro atoms. The van der Waals surface area contributed by atoms with Crippen LogP contribution >= 0.6 is 0 Å². The number of nitrogens with zero attached hydrogens (tertiary/aromatic N) is 3. The Morgan fingerprint density at radius 2 is 2.25 bits per heavy atom. The minimum Gasteiger partial charge on any atom is -0.492 e. The topological polar surface area (TPSA) is 80.6 Å². The van der Waals surface area contributed by atoms with Crippen LogP contribution in [0.1, 0.15) is 31.2 Å². The predicted octanol–water partition coefficient (Wildman–Crippen LogP) is 2.38. The van der Waals surface area contributed by atoms with Gasteiger partial charge in [-0.3, -0.25) is 9.98 Å². The molecule has 6 heteroatoms. The van der Waals surface area contributed by atoms with Gasteiger partial charge >= 0.3 is 5.76 Å². The van der Waals surface area contributed by atoms with Crippen LogP contribution in [0, 0.1) is 0 Å². The van der Waals surface area contributed by atoms with Gasteiger partial charge < -0.3 is 9.52 Å². The Bertz CT molecular complexity index is 781. The van der Waals surface area contributed by atoms with E-state index in [9.17, 15) is 9.90 Å². The van der Waals surface area contributed by atoms with Crippen molar-refractivity contribution in [1.82, 2.24) is 9.55 Å². The minimum absolute atomic E-state index is 0.134. The molecule has 2 aromatic rings. The summed E-state index contributed by atoms with van der Waals surface area (Å²) in [6.45, 7) is 3.59. The van der Waals surface area contributed by atoms with Gasteiger partial charge in [0.1, 0.15) is 0 Å². The summed E-state index contributed by atoms with van der Waals surface area (Å²) in [5.41, 5.74) is 2.41. The molecule has 0 saturated heterocycles. The van der Waals surface area contributed by atoms with Crippen LogP contribution in [0.3, 0.4) is 0 Å². The van der Waals surface area contributed by atoms with Crippen molar-refractivity contribution < 1.29 is 9.52 Å². The first-order chi connectivity index (χ1) is 9.58. The molecule has 1 aliphatic rings. The molecule has 0 bridgehead atoms. The normalized spacial score (nSPS) is 15.2. The second kappa shape index (κ2) is 4.48. The lowest BCUT2D eigenvalue weighted by Gasteiger charge is -2.04. The van der Waals surface area contributed by atoms with Crippen molar-refractivity contribution in [3.8, 4) is 5.88 Å². The molecule has 0 unspecified atom stereocenters. The molecule has 0 radical (unpaired) electrons. The number of aliphatic imine (C=N–C) groups is 1. The molecule has 3 heterocycles. The quantitative estimate of drug-likeness (QED) is 0.909. The van der Waals surface area contributed by atoms with E-state index in [0.717, 1.165) is 16.8 Å². The van der Waals surface area contributed by atoms with Gasteiger partial charge in [-0.1, -0.05) is 0 Å². The highest BCUT2D eigenvalue weighted by Crippen LogP contribution is 2.33. The summed E-state index contributed by atoms with van der Waals surface area (Å²) in [7, 11) is 0. The van der Waals surface area contributed by atoms with Gasteiger partial charge in [-0.05, 0) is 26.0 Å². The number of aromatic nitrogens is 2. The molecule has 1 aliphatic heterocycles. The van der Waals surface area contributed by atoms with Crippen LogP contribution in [-0.2, 0) is 0 Å². The lowest BCUT2D eigenvalue weighted by Crippen LogP contribution is -2.15. The van der Waals surface area contributed by atoms with E-state index in [-0.39, 0.29) is 17.7 Å². The van der Waals surface area contributed by atoms with Gasteiger partial charge in [-0.2, -0.15) is 0 Å². The Hall–Kier alpha value is -2.63. The van der Waals surface area contributed by atoms with Crippen LogP contribution in [-0.4, -0.2) is 20.9 Å². The van der Waals surface area contributed by atoms with E-state index in [1.54, 1.807) is 38.5 Å². The third-order valence-corrected chi connectivity index (χ3v) is 3.10. The fraction of sp³-hybridized carbons (Fsp3) is 0.214. The van der Waals surface area contributed by atoms with Gasteiger partial charge in [0.25, 0.3) is 0 Å². The van der Waals surface area contributed by atoms with Gasteiger partial charge in [-0.15, -0.1) is 0 Å². The van der Waals surface area contributed by atoms with Crippen LogP contribution in [0.5, 0.6) is 5.88 Å². The molecule has 1 N–H and O–H groups in total. The molecule has 0 aromatic carbocycles. The summed E-state index contributed by atoms with van der Waals surface area (Å²) in [6.07, 6.45) is 6.57. The summed E-state index contributed by atoms with van der Waals surface area (Å²) in [6, 6.07) is 1.65. The monoisotopic (exact) mass is 271 g/mol. The fourth-order valence-corrected chi connectivity index (χ4v) is 2.14. The van der Waals surface area contributed by atoms with E-state index >= 15 is 0 Å². The van der Waals surface area contributed by atoms with Gasteiger partial charge in [0, 0.05) is 29.6 Å². The summed E-state index contributed by atoms with van der Waals surface area (Å²) in [4.78, 5) is 19.9. The van der Waals surface area contributed by atoms with Crippen molar-refractivity contribution in [3.63, 3.8) is 0 Å². The number of hydrogen-bond acceptors (Lipinski definition) is 5. The summed E-state index contributed by atoms with van der Waals surface area (Å²) < 4.78 is 6.29. The van der Waals surface area contributed by atoms with E-state index in [0.29, 0.717) is 0 Å². The molecule has 0 aliphatic carbocycles. The molecule has 6 nitrogen and oxygen atoms in total. The number of pyridine rings is 1. The van der Waals surface area contributed by atoms with Crippen molar-refractivity contribution in [2.75, 3.05) is 0 Å². The lowest BCUT2D eigenvalue weighted by atomic mass is 10.1. The first kappa shape index (κ1) is 12.4. The van der Waals surface area contributed by atoms with Crippen molar-refractivity contribution in [2.24, 2.45) is 4.99 Å². The zero-order chi connectivity index (χ0) is 14.3. The Kier molecular flexibility index (Phi) is 2.78. The zero-order valence-electron chi connectivity index (χ0n) is 11.1. The third-order valence-electron chi connectivity index (χ3n) is 3.10. The molecule has 2 aromatic heterocycles. The molecular formula is C14H13N3O3. The highest BCUT2D eigenvalue weighted by atomic mass is 16.4. The van der Waals surface area contributed by atoms with Gasteiger partial charge in [-0.25, -0.2) is 9.36 Å². The second-order valence-electron chi connectivity index (χ2n) is 4.77. The summed E-state index contributed by atoms with van der Waals surface area (Å²) in [5.74, 6) is -0.613. The minimum atomic E-state index is -0.575. The predicted molar refractivity (Wildman–Crippen MR) is 75.3 cm³/mol. The first-order valence-corrected chi connectivity index (χ1v) is 6.22.